The van der Waals surface area contributed by atoms with E-state index in [1.54, 1.807) is 31.3 Å². The molecule has 1 aromatic rings. The van der Waals surface area contributed by atoms with Crippen molar-refractivity contribution in [2.45, 2.75) is 37.0 Å². The number of sulfone groups is 1. The molecule has 1 saturated carbocycles. The number of nitrogens with zero attached hydrogens (tertiary/aromatic N) is 2. The maximum atomic E-state index is 12.3. The maximum Gasteiger partial charge on any atom is 0.193 e. The van der Waals surface area contributed by atoms with Gasteiger partial charge in [-0.2, -0.15) is 0 Å². The van der Waals surface area contributed by atoms with Crippen molar-refractivity contribution < 1.29 is 8.42 Å². The fraction of sp³-hybridized carbons (Fsp3) is 0.611. The molecule has 6 heteroatoms. The van der Waals surface area contributed by atoms with Crippen LogP contribution >= 0.6 is 0 Å². The summed E-state index contributed by atoms with van der Waals surface area (Å²) >= 11 is 0. The van der Waals surface area contributed by atoms with E-state index >= 15 is 0 Å². The van der Waals surface area contributed by atoms with Gasteiger partial charge in [0, 0.05) is 26.7 Å². The van der Waals surface area contributed by atoms with E-state index in [-0.39, 0.29) is 5.75 Å². The van der Waals surface area contributed by atoms with Crippen molar-refractivity contribution in [3.05, 3.63) is 30.3 Å². The highest BCUT2D eigenvalue weighted by Crippen LogP contribution is 2.47. The van der Waals surface area contributed by atoms with E-state index in [0.29, 0.717) is 23.3 Å². The molecule has 3 rings (SSSR count). The van der Waals surface area contributed by atoms with Crippen LogP contribution in [0.15, 0.2) is 40.2 Å². The van der Waals surface area contributed by atoms with Gasteiger partial charge in [0.15, 0.2) is 15.8 Å². The topological polar surface area (TPSA) is 61.8 Å². The van der Waals surface area contributed by atoms with Gasteiger partial charge in [0.1, 0.15) is 0 Å². The Kier molecular flexibility index (Phi) is 5.13. The first kappa shape index (κ1) is 17.3. The molecule has 1 N–H and O–H groups in total. The summed E-state index contributed by atoms with van der Waals surface area (Å²) < 4.78 is 24.5. The molecule has 1 heterocycles. The summed E-state index contributed by atoms with van der Waals surface area (Å²) in [6.45, 7) is 2.78. The lowest BCUT2D eigenvalue weighted by Gasteiger charge is -2.38. The van der Waals surface area contributed by atoms with Gasteiger partial charge in [0.2, 0.25) is 0 Å². The molecule has 0 aromatic heterocycles. The number of hydrogen-bond acceptors (Lipinski definition) is 3. The minimum Gasteiger partial charge on any atom is -0.356 e. The van der Waals surface area contributed by atoms with Gasteiger partial charge in [-0.3, -0.25) is 4.99 Å². The quantitative estimate of drug-likeness (QED) is 0.503. The number of rotatable bonds is 5. The van der Waals surface area contributed by atoms with Crippen LogP contribution in [0.4, 0.5) is 0 Å². The summed E-state index contributed by atoms with van der Waals surface area (Å²) in [6, 6.07) is 8.66. The number of aliphatic imine (C=N–C) groups is 1. The zero-order valence-electron chi connectivity index (χ0n) is 14.4. The highest BCUT2D eigenvalue weighted by molar-refractivity contribution is 7.91. The molecular formula is C18H27N3O2S. The third-order valence-electron chi connectivity index (χ3n) is 5.34. The third kappa shape index (κ3) is 3.74. The summed E-state index contributed by atoms with van der Waals surface area (Å²) in [4.78, 5) is 7.10. The Morgan fingerprint density at radius 3 is 2.58 bits per heavy atom. The van der Waals surface area contributed by atoms with E-state index in [9.17, 15) is 8.42 Å². The van der Waals surface area contributed by atoms with E-state index in [1.165, 1.54) is 25.7 Å². The molecular weight excluding hydrogens is 322 g/mol. The van der Waals surface area contributed by atoms with E-state index in [1.807, 2.05) is 6.07 Å². The van der Waals surface area contributed by atoms with Crippen molar-refractivity contribution in [3.63, 3.8) is 0 Å². The van der Waals surface area contributed by atoms with Crippen LogP contribution in [-0.4, -0.2) is 51.7 Å². The summed E-state index contributed by atoms with van der Waals surface area (Å²) in [6.07, 6.45) is 5.88. The number of hydrogen-bond donors (Lipinski definition) is 1. The Hall–Kier alpha value is -1.56. The van der Waals surface area contributed by atoms with Crippen LogP contribution in [-0.2, 0) is 9.84 Å². The summed E-state index contributed by atoms with van der Waals surface area (Å²) in [5.41, 5.74) is 0.536. The number of likely N-dealkylation sites (tertiary alicyclic amines) is 1. The van der Waals surface area contributed by atoms with E-state index in [0.717, 1.165) is 19.0 Å². The second kappa shape index (κ2) is 7.13. The molecule has 1 aliphatic carbocycles. The third-order valence-corrected chi connectivity index (χ3v) is 7.16. The van der Waals surface area contributed by atoms with Gasteiger partial charge < -0.3 is 10.2 Å². The molecule has 1 aliphatic heterocycles. The molecule has 132 valence electrons. The average molecular weight is 350 g/mol. The fourth-order valence-corrected chi connectivity index (χ4v) is 5.07. The molecule has 1 spiro atoms. The SMILES string of the molecule is CN=C(NCCCS(=O)(=O)c1ccccc1)N1CCC2(CCC2)C1. The first-order chi connectivity index (χ1) is 11.5. The number of benzene rings is 1. The Balaban J connectivity index is 1.45. The maximum absolute atomic E-state index is 12.3. The highest BCUT2D eigenvalue weighted by atomic mass is 32.2. The zero-order chi connectivity index (χ0) is 17.0. The molecule has 0 unspecified atom stereocenters. The van der Waals surface area contributed by atoms with E-state index in [2.05, 4.69) is 15.2 Å². The predicted molar refractivity (Wildman–Crippen MR) is 96.9 cm³/mol. The van der Waals surface area contributed by atoms with Gasteiger partial charge >= 0.3 is 0 Å². The van der Waals surface area contributed by atoms with Crippen molar-refractivity contribution in [2.75, 3.05) is 32.4 Å². The van der Waals surface area contributed by atoms with Crippen LogP contribution in [0.5, 0.6) is 0 Å². The lowest BCUT2D eigenvalue weighted by Crippen LogP contribution is -2.43. The standard InChI is InChI=1S/C18H27N3O2S/c1-19-17(21-13-11-18(15-21)9-5-10-18)20-12-6-14-24(22,23)16-7-3-2-4-8-16/h2-4,7-8H,5-6,9-15H2,1H3,(H,19,20). The largest absolute Gasteiger partial charge is 0.356 e. The van der Waals surface area contributed by atoms with Crippen LogP contribution < -0.4 is 5.32 Å². The molecule has 0 amide bonds. The lowest BCUT2D eigenvalue weighted by molar-refractivity contribution is 0.151. The van der Waals surface area contributed by atoms with Gasteiger partial charge in [-0.1, -0.05) is 24.6 Å². The summed E-state index contributed by atoms with van der Waals surface area (Å²) in [5, 5.41) is 3.33. The molecule has 5 nitrogen and oxygen atoms in total. The van der Waals surface area contributed by atoms with Crippen molar-refractivity contribution in [3.8, 4) is 0 Å². The van der Waals surface area contributed by atoms with Gasteiger partial charge in [-0.05, 0) is 43.2 Å². The second-order valence-corrected chi connectivity index (χ2v) is 9.09. The monoisotopic (exact) mass is 349 g/mol. The molecule has 24 heavy (non-hydrogen) atoms. The van der Waals surface area contributed by atoms with Crippen LogP contribution in [0.3, 0.4) is 0 Å². The highest BCUT2D eigenvalue weighted by Gasteiger charge is 2.43. The lowest BCUT2D eigenvalue weighted by atomic mass is 9.68. The molecule has 1 aromatic carbocycles. The summed E-state index contributed by atoms with van der Waals surface area (Å²) in [5.74, 6) is 1.07. The zero-order valence-corrected chi connectivity index (χ0v) is 15.2. The minimum atomic E-state index is -3.19. The van der Waals surface area contributed by atoms with Crippen LogP contribution in [0.25, 0.3) is 0 Å². The normalized spacial score (nSPS) is 20.2. The van der Waals surface area contributed by atoms with Gasteiger partial charge in [-0.25, -0.2) is 8.42 Å². The smallest absolute Gasteiger partial charge is 0.193 e. The van der Waals surface area contributed by atoms with Crippen molar-refractivity contribution in [1.29, 1.82) is 0 Å². The summed E-state index contributed by atoms with van der Waals surface area (Å²) in [7, 11) is -1.39. The van der Waals surface area contributed by atoms with E-state index in [4.69, 9.17) is 0 Å². The Morgan fingerprint density at radius 1 is 1.25 bits per heavy atom. The van der Waals surface area contributed by atoms with Gasteiger partial charge in [0.25, 0.3) is 0 Å². The van der Waals surface area contributed by atoms with Crippen LogP contribution in [0.1, 0.15) is 32.1 Å². The first-order valence-electron chi connectivity index (χ1n) is 8.78. The predicted octanol–water partition coefficient (Wildman–Crippen LogP) is 2.30. The van der Waals surface area contributed by atoms with Crippen molar-refractivity contribution in [2.24, 2.45) is 10.4 Å². The van der Waals surface area contributed by atoms with Crippen LogP contribution in [0.2, 0.25) is 0 Å². The fourth-order valence-electron chi connectivity index (χ4n) is 3.74. The van der Waals surface area contributed by atoms with Crippen molar-refractivity contribution in [1.82, 2.24) is 10.2 Å². The van der Waals surface area contributed by atoms with E-state index < -0.39 is 9.84 Å². The first-order valence-corrected chi connectivity index (χ1v) is 10.4. The average Bonchev–Trinajstić information content (AvgIpc) is 3.01. The minimum absolute atomic E-state index is 0.158. The molecule has 0 bridgehead atoms. The van der Waals surface area contributed by atoms with Gasteiger partial charge in [0.05, 0.1) is 10.6 Å². The Labute approximate surface area is 145 Å². The molecule has 0 radical (unpaired) electrons. The molecule has 2 fully saturated rings. The molecule has 2 aliphatic rings. The van der Waals surface area contributed by atoms with Crippen molar-refractivity contribution >= 4 is 15.8 Å². The van der Waals surface area contributed by atoms with Gasteiger partial charge in [-0.15, -0.1) is 0 Å². The molecule has 1 saturated heterocycles. The van der Waals surface area contributed by atoms with Crippen LogP contribution in [0, 0.1) is 5.41 Å². The number of nitrogens with one attached hydrogen (secondary N) is 1. The Bertz CT molecular complexity index is 681. The number of guanidine groups is 1. The molecule has 0 atom stereocenters. The second-order valence-electron chi connectivity index (χ2n) is 6.98. The Morgan fingerprint density at radius 2 is 2.00 bits per heavy atom.